The van der Waals surface area contributed by atoms with Crippen LogP contribution in [-0.2, 0) is 19.1 Å². The lowest BCUT2D eigenvalue weighted by Gasteiger charge is -2.11. The zero-order chi connectivity index (χ0) is 21.6. The fourth-order valence-corrected chi connectivity index (χ4v) is 3.35. The first kappa shape index (κ1) is 27.9. The van der Waals surface area contributed by atoms with E-state index in [2.05, 4.69) is 13.8 Å². The van der Waals surface area contributed by atoms with E-state index in [0.717, 1.165) is 51.4 Å². The molecule has 0 aromatic carbocycles. The Morgan fingerprint density at radius 1 is 0.621 bits per heavy atom. The number of rotatable bonds is 21. The van der Waals surface area contributed by atoms with Crippen LogP contribution in [0.15, 0.2) is 0 Å². The second-order valence-corrected chi connectivity index (χ2v) is 8.42. The molecule has 0 aliphatic rings. The summed E-state index contributed by atoms with van der Waals surface area (Å²) in [5, 5.41) is 0. The molecule has 0 aromatic heterocycles. The summed E-state index contributed by atoms with van der Waals surface area (Å²) in [7, 11) is 0. The number of ether oxygens (including phenoxy) is 2. The molecule has 0 aliphatic heterocycles. The summed E-state index contributed by atoms with van der Waals surface area (Å²) in [6, 6.07) is 0. The maximum Gasteiger partial charge on any atom is 0.308 e. The van der Waals surface area contributed by atoms with Gasteiger partial charge in [0.25, 0.3) is 0 Å². The molecule has 4 nitrogen and oxygen atoms in total. The molecule has 1 atom stereocenters. The van der Waals surface area contributed by atoms with Crippen molar-refractivity contribution in [3.05, 3.63) is 0 Å². The van der Waals surface area contributed by atoms with Gasteiger partial charge in [-0.2, -0.15) is 0 Å². The van der Waals surface area contributed by atoms with Gasteiger partial charge < -0.3 is 9.47 Å². The highest BCUT2D eigenvalue weighted by atomic mass is 16.5. The van der Waals surface area contributed by atoms with Crippen LogP contribution in [0, 0.1) is 5.92 Å². The fourth-order valence-electron chi connectivity index (χ4n) is 3.35. The van der Waals surface area contributed by atoms with Crippen molar-refractivity contribution in [3.8, 4) is 0 Å². The van der Waals surface area contributed by atoms with Crippen LogP contribution in [0.25, 0.3) is 0 Å². The lowest BCUT2D eigenvalue weighted by atomic mass is 10.0. The first-order valence-corrected chi connectivity index (χ1v) is 12.4. The third-order valence-electron chi connectivity index (χ3n) is 5.42. The Balaban J connectivity index is 3.37. The quantitative estimate of drug-likeness (QED) is 0.146. The minimum atomic E-state index is -0.0345. The van der Waals surface area contributed by atoms with E-state index in [4.69, 9.17) is 9.47 Å². The van der Waals surface area contributed by atoms with Gasteiger partial charge in [0.2, 0.25) is 0 Å². The summed E-state index contributed by atoms with van der Waals surface area (Å²) >= 11 is 0. The number of carbonyl (C=O) groups is 2. The maximum absolute atomic E-state index is 11.9. The van der Waals surface area contributed by atoms with Gasteiger partial charge in [-0.25, -0.2) is 0 Å². The predicted octanol–water partition coefficient (Wildman–Crippen LogP) is 7.38. The van der Waals surface area contributed by atoms with Gasteiger partial charge in [-0.05, 0) is 25.7 Å². The lowest BCUT2D eigenvalue weighted by Crippen LogP contribution is -2.15. The van der Waals surface area contributed by atoms with Crippen molar-refractivity contribution in [1.82, 2.24) is 0 Å². The summed E-state index contributed by atoms with van der Waals surface area (Å²) in [5.74, 6) is -0.0411. The average Bonchev–Trinajstić information content (AvgIpc) is 2.71. The highest BCUT2D eigenvalue weighted by Gasteiger charge is 2.13. The van der Waals surface area contributed by atoms with E-state index < -0.39 is 0 Å². The molecule has 0 spiro atoms. The Hall–Kier alpha value is -1.06. The molecule has 29 heavy (non-hydrogen) atoms. The summed E-state index contributed by atoms with van der Waals surface area (Å²) < 4.78 is 10.6. The van der Waals surface area contributed by atoms with Gasteiger partial charge in [-0.1, -0.05) is 97.8 Å². The standard InChI is InChI=1S/C25H48O4/c1-4-6-8-17-21-28-24(26)20-16-14-12-10-11-13-15-19-23(3)25(27)29-22-18-9-7-5-2/h23H,4-22H2,1-3H3. The minimum Gasteiger partial charge on any atom is -0.466 e. The van der Waals surface area contributed by atoms with E-state index in [1.807, 2.05) is 6.92 Å². The molecule has 0 fully saturated rings. The van der Waals surface area contributed by atoms with Gasteiger partial charge in [0, 0.05) is 6.42 Å². The van der Waals surface area contributed by atoms with Gasteiger partial charge in [0.1, 0.15) is 0 Å². The molecule has 0 saturated heterocycles. The minimum absolute atomic E-state index is 0.0224. The van der Waals surface area contributed by atoms with Crippen molar-refractivity contribution >= 4 is 11.9 Å². The van der Waals surface area contributed by atoms with E-state index in [9.17, 15) is 9.59 Å². The van der Waals surface area contributed by atoms with Crippen LogP contribution in [0.1, 0.15) is 130 Å². The maximum atomic E-state index is 11.9. The van der Waals surface area contributed by atoms with Crippen LogP contribution in [0.2, 0.25) is 0 Å². The third kappa shape index (κ3) is 20.0. The zero-order valence-corrected chi connectivity index (χ0v) is 19.6. The van der Waals surface area contributed by atoms with E-state index in [1.165, 1.54) is 51.4 Å². The SMILES string of the molecule is CCCCCCOC(=O)CCCCCCCCCC(C)C(=O)OCCCCCC. The second-order valence-electron chi connectivity index (χ2n) is 8.42. The number of hydrogen-bond acceptors (Lipinski definition) is 4. The van der Waals surface area contributed by atoms with Gasteiger partial charge in [0.05, 0.1) is 19.1 Å². The smallest absolute Gasteiger partial charge is 0.308 e. The lowest BCUT2D eigenvalue weighted by molar-refractivity contribution is -0.148. The van der Waals surface area contributed by atoms with Crippen LogP contribution >= 0.6 is 0 Å². The molecule has 0 saturated carbocycles. The predicted molar refractivity (Wildman–Crippen MR) is 121 cm³/mol. The second kappa shape index (κ2) is 21.6. The van der Waals surface area contributed by atoms with Crippen LogP contribution in [0.3, 0.4) is 0 Å². The number of carbonyl (C=O) groups excluding carboxylic acids is 2. The zero-order valence-electron chi connectivity index (χ0n) is 19.6. The number of unbranched alkanes of at least 4 members (excludes halogenated alkanes) is 12. The summed E-state index contributed by atoms with van der Waals surface area (Å²) in [6.45, 7) is 7.51. The Labute approximate surface area is 180 Å². The first-order chi connectivity index (χ1) is 14.1. The van der Waals surface area contributed by atoms with Crippen LogP contribution in [-0.4, -0.2) is 25.2 Å². The van der Waals surface area contributed by atoms with Gasteiger partial charge >= 0.3 is 11.9 Å². The Bertz CT molecular complexity index is 381. The van der Waals surface area contributed by atoms with Crippen molar-refractivity contribution in [3.63, 3.8) is 0 Å². The topological polar surface area (TPSA) is 52.6 Å². The van der Waals surface area contributed by atoms with Gasteiger partial charge in [-0.15, -0.1) is 0 Å². The molecule has 0 rings (SSSR count). The van der Waals surface area contributed by atoms with Crippen LogP contribution < -0.4 is 0 Å². The molecule has 0 aromatic rings. The molecular formula is C25H48O4. The van der Waals surface area contributed by atoms with E-state index in [0.29, 0.717) is 19.6 Å². The Morgan fingerprint density at radius 3 is 1.69 bits per heavy atom. The molecule has 172 valence electrons. The van der Waals surface area contributed by atoms with Crippen molar-refractivity contribution < 1.29 is 19.1 Å². The van der Waals surface area contributed by atoms with E-state index in [-0.39, 0.29) is 17.9 Å². The van der Waals surface area contributed by atoms with Crippen molar-refractivity contribution in [2.75, 3.05) is 13.2 Å². The van der Waals surface area contributed by atoms with Crippen LogP contribution in [0.4, 0.5) is 0 Å². The molecular weight excluding hydrogens is 364 g/mol. The molecule has 0 radical (unpaired) electrons. The largest absolute Gasteiger partial charge is 0.466 e. The highest BCUT2D eigenvalue weighted by Crippen LogP contribution is 2.14. The van der Waals surface area contributed by atoms with E-state index in [1.54, 1.807) is 0 Å². The number of hydrogen-bond donors (Lipinski definition) is 0. The normalized spacial score (nSPS) is 12.0. The molecule has 0 amide bonds. The molecule has 1 unspecified atom stereocenters. The fraction of sp³-hybridized carbons (Fsp3) is 0.920. The third-order valence-corrected chi connectivity index (χ3v) is 5.42. The average molecular weight is 413 g/mol. The van der Waals surface area contributed by atoms with Crippen molar-refractivity contribution in [2.45, 2.75) is 130 Å². The van der Waals surface area contributed by atoms with Crippen molar-refractivity contribution in [2.24, 2.45) is 5.92 Å². The van der Waals surface area contributed by atoms with E-state index >= 15 is 0 Å². The summed E-state index contributed by atoms with van der Waals surface area (Å²) in [6.07, 6.45) is 18.5. The molecule has 4 heteroatoms. The first-order valence-electron chi connectivity index (χ1n) is 12.4. The van der Waals surface area contributed by atoms with Gasteiger partial charge in [-0.3, -0.25) is 9.59 Å². The van der Waals surface area contributed by atoms with Crippen LogP contribution in [0.5, 0.6) is 0 Å². The summed E-state index contributed by atoms with van der Waals surface area (Å²) in [4.78, 5) is 23.5. The number of esters is 2. The molecule has 0 N–H and O–H groups in total. The van der Waals surface area contributed by atoms with Crippen molar-refractivity contribution in [1.29, 1.82) is 0 Å². The van der Waals surface area contributed by atoms with Gasteiger partial charge in [0.15, 0.2) is 0 Å². The Morgan fingerprint density at radius 2 is 1.10 bits per heavy atom. The Kier molecular flexibility index (Phi) is 20.9. The molecule has 0 heterocycles. The highest BCUT2D eigenvalue weighted by molar-refractivity contribution is 5.71. The monoisotopic (exact) mass is 412 g/mol. The summed E-state index contributed by atoms with van der Waals surface area (Å²) in [5.41, 5.74) is 0. The molecule has 0 bridgehead atoms. The molecule has 0 aliphatic carbocycles.